The number of esters is 1. The van der Waals surface area contributed by atoms with Crippen LogP contribution in [-0.2, 0) is 21.2 Å². The van der Waals surface area contributed by atoms with Crippen LogP contribution in [0.4, 0.5) is 0 Å². The second-order valence-electron chi connectivity index (χ2n) is 5.99. The number of furan rings is 1. The zero-order chi connectivity index (χ0) is 18.7. The van der Waals surface area contributed by atoms with Crippen LogP contribution in [0, 0.1) is 0 Å². The fraction of sp³-hybridized carbons (Fsp3) is 0.211. The van der Waals surface area contributed by atoms with Gasteiger partial charge >= 0.3 is 5.97 Å². The Balaban J connectivity index is 1.70. The molecule has 6 nitrogen and oxygen atoms in total. The summed E-state index contributed by atoms with van der Waals surface area (Å²) in [5.74, 6) is 0.197. The van der Waals surface area contributed by atoms with Crippen molar-refractivity contribution < 1.29 is 22.4 Å². The van der Waals surface area contributed by atoms with E-state index in [1.807, 2.05) is 30.3 Å². The summed E-state index contributed by atoms with van der Waals surface area (Å²) < 4.78 is 37.9. The van der Waals surface area contributed by atoms with Crippen molar-refractivity contribution in [1.82, 2.24) is 4.72 Å². The largest absolute Gasteiger partial charge is 0.465 e. The lowest BCUT2D eigenvalue weighted by molar-refractivity contribution is 0.0600. The van der Waals surface area contributed by atoms with Crippen LogP contribution in [-0.4, -0.2) is 27.5 Å². The second kappa shape index (κ2) is 7.31. The highest BCUT2D eigenvalue weighted by molar-refractivity contribution is 7.89. The summed E-state index contributed by atoms with van der Waals surface area (Å²) >= 11 is 0. The Morgan fingerprint density at radius 3 is 2.50 bits per heavy atom. The lowest BCUT2D eigenvalue weighted by atomic mass is 10.2. The van der Waals surface area contributed by atoms with Gasteiger partial charge in [0.15, 0.2) is 0 Å². The molecule has 1 heterocycles. The number of hydrogen-bond acceptors (Lipinski definition) is 5. The molecular formula is C19H19NO5S. The summed E-state index contributed by atoms with van der Waals surface area (Å²) in [6.45, 7) is 1.77. The predicted molar refractivity (Wildman–Crippen MR) is 97.5 cm³/mol. The number of carbonyl (C=O) groups is 1. The minimum Gasteiger partial charge on any atom is -0.465 e. The molecule has 1 aromatic heterocycles. The number of nitrogens with one attached hydrogen (secondary N) is 1. The highest BCUT2D eigenvalue weighted by Gasteiger charge is 2.19. The van der Waals surface area contributed by atoms with E-state index in [0.717, 1.165) is 11.0 Å². The number of ether oxygens (including phenoxy) is 1. The van der Waals surface area contributed by atoms with Crippen LogP contribution in [0.1, 0.15) is 23.0 Å². The molecule has 3 aromatic rings. The van der Waals surface area contributed by atoms with Crippen LogP contribution in [0.15, 0.2) is 63.9 Å². The first-order chi connectivity index (χ1) is 12.4. The SMILES string of the molecule is COC(=O)c1ccc(S(=O)(=O)N[C@H](C)Cc2cc3ccccc3o2)cc1. The Morgan fingerprint density at radius 2 is 1.85 bits per heavy atom. The molecule has 0 bridgehead atoms. The zero-order valence-electron chi connectivity index (χ0n) is 14.4. The Morgan fingerprint density at radius 1 is 1.15 bits per heavy atom. The van der Waals surface area contributed by atoms with Crippen molar-refractivity contribution in [3.63, 3.8) is 0 Å². The molecule has 0 saturated heterocycles. The molecule has 0 fully saturated rings. The van der Waals surface area contributed by atoms with Crippen molar-refractivity contribution in [1.29, 1.82) is 0 Å². The number of sulfonamides is 1. The first-order valence-electron chi connectivity index (χ1n) is 8.07. The average Bonchev–Trinajstić information content (AvgIpc) is 3.02. The molecule has 2 aromatic carbocycles. The molecule has 136 valence electrons. The maximum Gasteiger partial charge on any atom is 0.337 e. The molecule has 26 heavy (non-hydrogen) atoms. The van der Waals surface area contributed by atoms with E-state index in [1.54, 1.807) is 6.92 Å². The van der Waals surface area contributed by atoms with Crippen LogP contribution in [0.2, 0.25) is 0 Å². The topological polar surface area (TPSA) is 85.6 Å². The van der Waals surface area contributed by atoms with Gasteiger partial charge in [0.25, 0.3) is 0 Å². The van der Waals surface area contributed by atoms with Crippen LogP contribution in [0.25, 0.3) is 11.0 Å². The minimum atomic E-state index is -3.70. The number of hydrogen-bond donors (Lipinski definition) is 1. The van der Waals surface area contributed by atoms with Gasteiger partial charge in [-0.2, -0.15) is 0 Å². The van der Waals surface area contributed by atoms with Gasteiger partial charge in [0, 0.05) is 17.8 Å². The Hall–Kier alpha value is -2.64. The normalized spacial score (nSPS) is 12.8. The second-order valence-corrected chi connectivity index (χ2v) is 7.71. The van der Waals surface area contributed by atoms with Crippen molar-refractivity contribution >= 4 is 27.0 Å². The third-order valence-electron chi connectivity index (χ3n) is 3.93. The highest BCUT2D eigenvalue weighted by atomic mass is 32.2. The van der Waals surface area contributed by atoms with Crippen molar-refractivity contribution in [3.05, 3.63) is 65.9 Å². The van der Waals surface area contributed by atoms with Crippen molar-refractivity contribution in [2.45, 2.75) is 24.3 Å². The third kappa shape index (κ3) is 3.95. The Labute approximate surface area is 151 Å². The Bertz CT molecular complexity index is 989. The summed E-state index contributed by atoms with van der Waals surface area (Å²) in [7, 11) is -2.43. The van der Waals surface area contributed by atoms with Gasteiger partial charge in [-0.25, -0.2) is 17.9 Å². The van der Waals surface area contributed by atoms with E-state index < -0.39 is 16.0 Å². The van der Waals surface area contributed by atoms with Gasteiger partial charge in [0.2, 0.25) is 10.0 Å². The van der Waals surface area contributed by atoms with Crippen LogP contribution >= 0.6 is 0 Å². The molecule has 0 amide bonds. The van der Waals surface area contributed by atoms with Crippen molar-refractivity contribution in [2.75, 3.05) is 7.11 Å². The van der Waals surface area contributed by atoms with E-state index in [9.17, 15) is 13.2 Å². The number of para-hydroxylation sites is 1. The fourth-order valence-electron chi connectivity index (χ4n) is 2.70. The molecule has 3 rings (SSSR count). The molecule has 0 aliphatic rings. The molecule has 0 aliphatic heterocycles. The molecule has 0 radical (unpaired) electrons. The van der Waals surface area contributed by atoms with E-state index in [-0.39, 0.29) is 10.9 Å². The number of carbonyl (C=O) groups excluding carboxylic acids is 1. The van der Waals surface area contributed by atoms with E-state index in [0.29, 0.717) is 17.7 Å². The standard InChI is InChI=1S/C19H19NO5S/c1-13(11-16-12-15-5-3-4-6-18(15)25-16)20-26(22,23)17-9-7-14(8-10-17)19(21)24-2/h3-10,12-13,20H,11H2,1-2H3/t13-/m1/s1. The quantitative estimate of drug-likeness (QED) is 0.671. The van der Waals surface area contributed by atoms with E-state index in [4.69, 9.17) is 4.42 Å². The lowest BCUT2D eigenvalue weighted by Gasteiger charge is -2.13. The van der Waals surface area contributed by atoms with Gasteiger partial charge in [0.1, 0.15) is 11.3 Å². The maximum absolute atomic E-state index is 12.5. The van der Waals surface area contributed by atoms with Crippen LogP contribution in [0.3, 0.4) is 0 Å². The van der Waals surface area contributed by atoms with E-state index in [1.165, 1.54) is 31.4 Å². The number of benzene rings is 2. The highest BCUT2D eigenvalue weighted by Crippen LogP contribution is 2.20. The molecular weight excluding hydrogens is 354 g/mol. The molecule has 1 N–H and O–H groups in total. The lowest BCUT2D eigenvalue weighted by Crippen LogP contribution is -2.34. The van der Waals surface area contributed by atoms with Crippen molar-refractivity contribution in [3.8, 4) is 0 Å². The molecule has 0 unspecified atom stereocenters. The minimum absolute atomic E-state index is 0.0848. The summed E-state index contributed by atoms with van der Waals surface area (Å²) in [4.78, 5) is 11.5. The summed E-state index contributed by atoms with van der Waals surface area (Å²) in [5, 5.41) is 0.982. The van der Waals surface area contributed by atoms with Crippen LogP contribution < -0.4 is 4.72 Å². The van der Waals surface area contributed by atoms with Gasteiger partial charge in [0.05, 0.1) is 17.6 Å². The van der Waals surface area contributed by atoms with Gasteiger partial charge in [-0.1, -0.05) is 18.2 Å². The maximum atomic E-state index is 12.5. The van der Waals surface area contributed by atoms with Gasteiger partial charge in [-0.15, -0.1) is 0 Å². The average molecular weight is 373 g/mol. The first kappa shape index (κ1) is 18.2. The summed E-state index contributed by atoms with van der Waals surface area (Å²) in [6.07, 6.45) is 0.425. The van der Waals surface area contributed by atoms with Gasteiger partial charge < -0.3 is 9.15 Å². The predicted octanol–water partition coefficient (Wildman–Crippen LogP) is 3.13. The van der Waals surface area contributed by atoms with Crippen LogP contribution in [0.5, 0.6) is 0 Å². The monoisotopic (exact) mass is 373 g/mol. The molecule has 0 aliphatic carbocycles. The van der Waals surface area contributed by atoms with E-state index >= 15 is 0 Å². The smallest absolute Gasteiger partial charge is 0.337 e. The number of rotatable bonds is 6. The van der Waals surface area contributed by atoms with Gasteiger partial charge in [-0.3, -0.25) is 0 Å². The zero-order valence-corrected chi connectivity index (χ0v) is 15.2. The molecule has 0 saturated carbocycles. The fourth-order valence-corrected chi connectivity index (χ4v) is 3.95. The van der Waals surface area contributed by atoms with Crippen molar-refractivity contribution in [2.24, 2.45) is 0 Å². The number of methoxy groups -OCH3 is 1. The van der Waals surface area contributed by atoms with E-state index in [2.05, 4.69) is 9.46 Å². The molecule has 1 atom stereocenters. The Kier molecular flexibility index (Phi) is 5.11. The summed E-state index contributed by atoms with van der Waals surface area (Å²) in [5.41, 5.74) is 1.07. The third-order valence-corrected chi connectivity index (χ3v) is 5.53. The van der Waals surface area contributed by atoms with Gasteiger partial charge in [-0.05, 0) is 43.3 Å². The number of fused-ring (bicyclic) bond motifs is 1. The first-order valence-corrected chi connectivity index (χ1v) is 9.55. The summed E-state index contributed by atoms with van der Waals surface area (Å²) in [6, 6.07) is 14.8. The molecule has 0 spiro atoms. The molecule has 7 heteroatoms.